The van der Waals surface area contributed by atoms with E-state index >= 15 is 0 Å². The molecule has 15 heteroatoms. The Morgan fingerprint density at radius 2 is 1.35 bits per heavy atom. The normalized spacial score (nSPS) is 14.6. The maximum absolute atomic E-state index is 11.4. The summed E-state index contributed by atoms with van der Waals surface area (Å²) in [6.07, 6.45) is 0. The molecule has 13 nitrogen and oxygen atoms in total. The summed E-state index contributed by atoms with van der Waals surface area (Å²) in [6.45, 7) is 2.07. The number of hydrogen-bond acceptors (Lipinski definition) is 11. The molecule has 1 aromatic heterocycles. The van der Waals surface area contributed by atoms with E-state index in [4.69, 9.17) is 9.29 Å². The minimum atomic E-state index is -4.39. The largest absolute Gasteiger partial charge is 0.378 e. The van der Waals surface area contributed by atoms with Gasteiger partial charge in [0.2, 0.25) is 17.8 Å². The number of benzene rings is 2. The number of nitrogens with zero attached hydrogens (tertiary/aromatic N) is 4. The van der Waals surface area contributed by atoms with E-state index in [0.717, 1.165) is 0 Å². The monoisotopic (exact) mass is 508 g/mol. The van der Waals surface area contributed by atoms with Crippen LogP contribution in [0.3, 0.4) is 0 Å². The van der Waals surface area contributed by atoms with Crippen LogP contribution >= 0.6 is 0 Å². The fourth-order valence-electron chi connectivity index (χ4n) is 3.08. The van der Waals surface area contributed by atoms with Crippen molar-refractivity contribution < 1.29 is 30.7 Å². The molecule has 0 atom stereocenters. The average Bonchev–Trinajstić information content (AvgIpc) is 2.79. The van der Waals surface area contributed by atoms with Crippen LogP contribution in [-0.2, 0) is 25.0 Å². The van der Waals surface area contributed by atoms with Crippen molar-refractivity contribution in [2.45, 2.75) is 9.79 Å². The minimum Gasteiger partial charge on any atom is -0.378 e. The molecule has 2 heterocycles. The molecule has 0 bridgehead atoms. The molecule has 0 amide bonds. The molecule has 0 aliphatic carbocycles. The molecule has 180 valence electrons. The molecule has 1 aliphatic heterocycles. The molecule has 0 spiro atoms. The molecule has 0 radical (unpaired) electrons. The van der Waals surface area contributed by atoms with Crippen molar-refractivity contribution in [2.24, 2.45) is 0 Å². The van der Waals surface area contributed by atoms with Crippen molar-refractivity contribution in [3.05, 3.63) is 48.5 Å². The Hall–Kier alpha value is -3.37. The highest BCUT2D eigenvalue weighted by molar-refractivity contribution is 7.86. The van der Waals surface area contributed by atoms with Crippen LogP contribution in [0.4, 0.5) is 29.2 Å². The van der Waals surface area contributed by atoms with Gasteiger partial charge in [-0.25, -0.2) is 0 Å². The summed E-state index contributed by atoms with van der Waals surface area (Å²) in [5.74, 6) is 0.564. The number of rotatable bonds is 7. The first-order valence-electron chi connectivity index (χ1n) is 9.86. The summed E-state index contributed by atoms with van der Waals surface area (Å²) in [4.78, 5) is 14.5. The zero-order valence-electron chi connectivity index (χ0n) is 17.5. The van der Waals surface area contributed by atoms with Gasteiger partial charge in [-0.2, -0.15) is 31.8 Å². The van der Waals surface area contributed by atoms with Crippen molar-refractivity contribution in [2.75, 3.05) is 41.8 Å². The number of ether oxygens (including phenoxy) is 1. The number of aromatic nitrogens is 3. The summed E-state index contributed by atoms with van der Waals surface area (Å²) in [7, 11) is -8.72. The Morgan fingerprint density at radius 3 is 1.94 bits per heavy atom. The quantitative estimate of drug-likeness (QED) is 0.338. The van der Waals surface area contributed by atoms with Gasteiger partial charge in [0.1, 0.15) is 0 Å². The van der Waals surface area contributed by atoms with Crippen LogP contribution in [0.1, 0.15) is 0 Å². The Bertz CT molecular complexity index is 1390. The molecule has 0 unspecified atom stereocenters. The first-order chi connectivity index (χ1) is 16.1. The molecule has 1 aliphatic rings. The highest BCUT2D eigenvalue weighted by atomic mass is 32.2. The van der Waals surface area contributed by atoms with Crippen molar-refractivity contribution in [3.8, 4) is 0 Å². The zero-order valence-corrected chi connectivity index (χ0v) is 19.1. The lowest BCUT2D eigenvalue weighted by Gasteiger charge is -2.27. The summed E-state index contributed by atoms with van der Waals surface area (Å²) in [5, 5.41) is 5.85. The van der Waals surface area contributed by atoms with Crippen molar-refractivity contribution >= 4 is 49.5 Å². The predicted molar refractivity (Wildman–Crippen MR) is 122 cm³/mol. The van der Waals surface area contributed by atoms with E-state index in [0.29, 0.717) is 43.6 Å². The lowest BCUT2D eigenvalue weighted by atomic mass is 10.3. The van der Waals surface area contributed by atoms with E-state index < -0.39 is 20.2 Å². The van der Waals surface area contributed by atoms with E-state index in [1.165, 1.54) is 42.5 Å². The maximum atomic E-state index is 11.4. The molecule has 2 aromatic carbocycles. The van der Waals surface area contributed by atoms with Crippen LogP contribution in [0.2, 0.25) is 0 Å². The van der Waals surface area contributed by atoms with Crippen LogP contribution in [0, 0.1) is 0 Å². The van der Waals surface area contributed by atoms with Crippen LogP contribution in [0.5, 0.6) is 0 Å². The van der Waals surface area contributed by atoms with Crippen molar-refractivity contribution in [3.63, 3.8) is 0 Å². The van der Waals surface area contributed by atoms with E-state index in [1.807, 2.05) is 4.90 Å². The smallest absolute Gasteiger partial charge is 0.294 e. The molecular weight excluding hydrogens is 488 g/mol. The average molecular weight is 509 g/mol. The highest BCUT2D eigenvalue weighted by Gasteiger charge is 2.18. The Balaban J connectivity index is 1.65. The summed E-state index contributed by atoms with van der Waals surface area (Å²) in [5.41, 5.74) is 0.767. The van der Waals surface area contributed by atoms with Gasteiger partial charge in [-0.05, 0) is 42.5 Å². The third-order valence-electron chi connectivity index (χ3n) is 4.71. The van der Waals surface area contributed by atoms with Gasteiger partial charge < -0.3 is 20.3 Å². The third kappa shape index (κ3) is 5.95. The topological polar surface area (TPSA) is 184 Å². The van der Waals surface area contributed by atoms with Crippen molar-refractivity contribution in [1.82, 2.24) is 15.0 Å². The number of nitrogens with one attached hydrogen (secondary N) is 2. The first kappa shape index (κ1) is 23.8. The second-order valence-electron chi connectivity index (χ2n) is 7.13. The van der Waals surface area contributed by atoms with Crippen LogP contribution in [0.15, 0.2) is 58.3 Å². The fraction of sp³-hybridized carbons (Fsp3) is 0.211. The maximum Gasteiger partial charge on any atom is 0.294 e. The third-order valence-corrected chi connectivity index (χ3v) is 6.43. The standard InChI is InChI=1S/C19H20N6O7S2/c26-33(27,28)15-6-4-13(5-7-15)20-17-22-18(24-19(23-17)25-8-10-32-11-9-25)21-14-2-1-3-16(12-14)34(29,30)31/h1-7,12H,8-11H2,(H,26,27,28)(H,29,30,31)(H2,20,21,22,23,24). The Labute approximate surface area is 195 Å². The minimum absolute atomic E-state index is 0.0982. The van der Waals surface area contributed by atoms with Gasteiger partial charge in [0, 0.05) is 24.5 Å². The second kappa shape index (κ2) is 9.47. The van der Waals surface area contributed by atoms with Gasteiger partial charge in [0.05, 0.1) is 23.0 Å². The van der Waals surface area contributed by atoms with Crippen LogP contribution < -0.4 is 15.5 Å². The van der Waals surface area contributed by atoms with Gasteiger partial charge >= 0.3 is 0 Å². The molecular formula is C19H20N6O7S2. The van der Waals surface area contributed by atoms with Crippen LogP contribution in [-0.4, -0.2) is 67.2 Å². The van der Waals surface area contributed by atoms with Gasteiger partial charge in [-0.15, -0.1) is 0 Å². The van der Waals surface area contributed by atoms with Crippen molar-refractivity contribution in [1.29, 1.82) is 0 Å². The lowest BCUT2D eigenvalue weighted by Crippen LogP contribution is -2.37. The SMILES string of the molecule is O=S(=O)(O)c1ccc(Nc2nc(Nc3cccc(S(=O)(=O)O)c3)nc(N3CCOCC3)n2)cc1. The first-order valence-corrected chi connectivity index (χ1v) is 12.7. The zero-order chi connectivity index (χ0) is 24.3. The fourth-order valence-corrected chi connectivity index (χ4v) is 4.09. The highest BCUT2D eigenvalue weighted by Crippen LogP contribution is 2.23. The number of hydrogen-bond donors (Lipinski definition) is 4. The van der Waals surface area contributed by atoms with Gasteiger partial charge in [-0.3, -0.25) is 9.11 Å². The Kier molecular flexibility index (Phi) is 6.63. The molecule has 0 saturated carbocycles. The molecule has 3 aromatic rings. The van der Waals surface area contributed by atoms with E-state index in [1.54, 1.807) is 6.07 Å². The second-order valence-corrected chi connectivity index (χ2v) is 9.98. The molecule has 34 heavy (non-hydrogen) atoms. The lowest BCUT2D eigenvalue weighted by molar-refractivity contribution is 0.122. The van der Waals surface area contributed by atoms with Gasteiger partial charge in [-0.1, -0.05) is 6.07 Å². The van der Waals surface area contributed by atoms with Crippen LogP contribution in [0.25, 0.3) is 0 Å². The molecule has 1 fully saturated rings. The van der Waals surface area contributed by atoms with Gasteiger partial charge in [0.25, 0.3) is 20.2 Å². The van der Waals surface area contributed by atoms with E-state index in [-0.39, 0.29) is 21.7 Å². The van der Waals surface area contributed by atoms with Gasteiger partial charge in [0.15, 0.2) is 0 Å². The molecule has 4 rings (SSSR count). The van der Waals surface area contributed by atoms with E-state index in [2.05, 4.69) is 25.6 Å². The number of anilines is 5. The summed E-state index contributed by atoms with van der Waals surface area (Å²) in [6, 6.07) is 10.8. The van der Waals surface area contributed by atoms with E-state index in [9.17, 15) is 21.4 Å². The molecule has 4 N–H and O–H groups in total. The molecule has 1 saturated heterocycles. The summed E-state index contributed by atoms with van der Waals surface area (Å²) < 4.78 is 69.2. The number of morpholine rings is 1. The predicted octanol–water partition coefficient (Wildman–Crippen LogP) is 1.69. The Morgan fingerprint density at radius 1 is 0.765 bits per heavy atom. The summed E-state index contributed by atoms with van der Waals surface area (Å²) >= 11 is 0.